The second-order valence-corrected chi connectivity index (χ2v) is 8.38. The lowest BCUT2D eigenvalue weighted by molar-refractivity contribution is -0.161. The molecule has 1 amide bonds. The Hall–Kier alpha value is -1.60. The molecule has 0 aromatic carbocycles. The van der Waals surface area contributed by atoms with E-state index in [0.717, 1.165) is 6.66 Å². The van der Waals surface area contributed by atoms with E-state index in [2.05, 4.69) is 9.47 Å². The molecule has 2 atom stereocenters. The number of aliphatic carboxylic acids is 1. The van der Waals surface area contributed by atoms with Crippen LogP contribution in [0.2, 0.25) is 0 Å². The highest BCUT2D eigenvalue weighted by Crippen LogP contribution is 2.35. The van der Waals surface area contributed by atoms with Crippen LogP contribution in [-0.4, -0.2) is 53.7 Å². The molecule has 0 heterocycles. The molecule has 0 saturated carbocycles. The molecule has 0 aromatic heterocycles. The van der Waals surface area contributed by atoms with Gasteiger partial charge in [-0.15, -0.1) is 0 Å². The van der Waals surface area contributed by atoms with Gasteiger partial charge < -0.3 is 24.8 Å². The summed E-state index contributed by atoms with van der Waals surface area (Å²) >= 11 is 0. The fourth-order valence-electron chi connectivity index (χ4n) is 1.16. The smallest absolute Gasteiger partial charge is 0.410 e. The molecule has 128 valence electrons. The van der Waals surface area contributed by atoms with Crippen LogP contribution in [0.3, 0.4) is 0 Å². The topological polar surface area (TPSA) is 139 Å². The van der Waals surface area contributed by atoms with E-state index >= 15 is 0 Å². The molecule has 0 aliphatic heterocycles. The van der Waals surface area contributed by atoms with Crippen LogP contribution in [0.1, 0.15) is 27.2 Å². The van der Waals surface area contributed by atoms with Crippen molar-refractivity contribution in [1.82, 2.24) is 5.32 Å². The van der Waals surface area contributed by atoms with Crippen molar-refractivity contribution in [1.29, 1.82) is 0 Å². The second kappa shape index (κ2) is 8.14. The molecule has 9 nitrogen and oxygen atoms in total. The number of alkyl carbamates (subject to hydrolysis) is 1. The third-order valence-electron chi connectivity index (χ3n) is 2.42. The van der Waals surface area contributed by atoms with Gasteiger partial charge in [0.25, 0.3) is 0 Å². The Labute approximate surface area is 128 Å². The van der Waals surface area contributed by atoms with Crippen LogP contribution >= 0.6 is 7.37 Å². The van der Waals surface area contributed by atoms with Crippen molar-refractivity contribution >= 4 is 25.4 Å². The standard InChI is InChI=1S/C12H22NO8P/c1-12(2,3)10(16)20-7-21-11(17)13-8(9(14)15)5-6-22(4,18)19/h8H,5-7H2,1-4H3,(H,13,17)(H,14,15)(H,18,19). The van der Waals surface area contributed by atoms with Crippen LogP contribution in [0.5, 0.6) is 0 Å². The molecule has 0 radical (unpaired) electrons. The molecule has 0 spiro atoms. The molecule has 0 fully saturated rings. The minimum atomic E-state index is -3.38. The minimum absolute atomic E-state index is 0.226. The number of esters is 1. The van der Waals surface area contributed by atoms with E-state index in [1.165, 1.54) is 0 Å². The summed E-state index contributed by atoms with van der Waals surface area (Å²) in [6, 6.07) is -1.37. The Morgan fingerprint density at radius 2 is 1.77 bits per heavy atom. The highest BCUT2D eigenvalue weighted by Gasteiger charge is 2.25. The first-order valence-electron chi connectivity index (χ1n) is 6.45. The maximum absolute atomic E-state index is 11.4. The summed E-state index contributed by atoms with van der Waals surface area (Å²) in [7, 11) is -3.38. The van der Waals surface area contributed by atoms with Crippen molar-refractivity contribution in [3.05, 3.63) is 0 Å². The quantitative estimate of drug-likeness (QED) is 0.355. The molecular weight excluding hydrogens is 317 g/mol. The molecule has 0 rings (SSSR count). The maximum Gasteiger partial charge on any atom is 0.410 e. The van der Waals surface area contributed by atoms with E-state index < -0.39 is 43.7 Å². The Morgan fingerprint density at radius 3 is 2.18 bits per heavy atom. The zero-order chi connectivity index (χ0) is 17.6. The normalized spacial score (nSPS) is 15.3. The van der Waals surface area contributed by atoms with E-state index in [9.17, 15) is 18.9 Å². The first-order chi connectivity index (χ1) is 9.83. The van der Waals surface area contributed by atoms with Crippen LogP contribution in [0.4, 0.5) is 4.79 Å². The maximum atomic E-state index is 11.4. The van der Waals surface area contributed by atoms with E-state index in [1.54, 1.807) is 20.8 Å². The van der Waals surface area contributed by atoms with Crippen molar-refractivity contribution in [2.75, 3.05) is 19.6 Å². The largest absolute Gasteiger partial charge is 0.480 e. The molecule has 22 heavy (non-hydrogen) atoms. The molecule has 3 N–H and O–H groups in total. The van der Waals surface area contributed by atoms with Crippen LogP contribution in [-0.2, 0) is 23.6 Å². The predicted octanol–water partition coefficient (Wildman–Crippen LogP) is 1.00. The number of carboxylic acids is 1. The third-order valence-corrected chi connectivity index (χ3v) is 3.50. The zero-order valence-corrected chi connectivity index (χ0v) is 13.9. The van der Waals surface area contributed by atoms with Gasteiger partial charge in [-0.2, -0.15) is 0 Å². The van der Waals surface area contributed by atoms with Gasteiger partial charge in [0.15, 0.2) is 7.37 Å². The number of carbonyl (C=O) groups is 3. The Morgan fingerprint density at radius 1 is 1.23 bits per heavy atom. The van der Waals surface area contributed by atoms with E-state index in [4.69, 9.17) is 10.00 Å². The number of hydrogen-bond acceptors (Lipinski definition) is 6. The van der Waals surface area contributed by atoms with Gasteiger partial charge in [-0.1, -0.05) is 0 Å². The fourth-order valence-corrected chi connectivity index (χ4v) is 1.90. The first-order valence-corrected chi connectivity index (χ1v) is 8.75. The zero-order valence-electron chi connectivity index (χ0n) is 13.0. The van der Waals surface area contributed by atoms with E-state index in [0.29, 0.717) is 0 Å². The van der Waals surface area contributed by atoms with Crippen molar-refractivity contribution in [2.24, 2.45) is 5.41 Å². The lowest BCUT2D eigenvalue weighted by Gasteiger charge is -2.18. The van der Waals surface area contributed by atoms with Gasteiger partial charge in [0, 0.05) is 12.8 Å². The fraction of sp³-hybridized carbons (Fsp3) is 0.750. The second-order valence-electron chi connectivity index (χ2n) is 5.83. The van der Waals surface area contributed by atoms with Crippen LogP contribution < -0.4 is 5.32 Å². The van der Waals surface area contributed by atoms with Crippen molar-refractivity contribution in [3.8, 4) is 0 Å². The Kier molecular flexibility index (Phi) is 7.55. The lowest BCUT2D eigenvalue weighted by atomic mass is 9.98. The van der Waals surface area contributed by atoms with Gasteiger partial charge in [-0.3, -0.25) is 9.36 Å². The number of ether oxygens (including phenoxy) is 2. The number of carbonyl (C=O) groups excluding carboxylic acids is 2. The minimum Gasteiger partial charge on any atom is -0.480 e. The highest BCUT2D eigenvalue weighted by molar-refractivity contribution is 7.57. The average Bonchev–Trinajstić information content (AvgIpc) is 2.31. The summed E-state index contributed by atoms with van der Waals surface area (Å²) in [5, 5.41) is 10.9. The van der Waals surface area contributed by atoms with Crippen molar-refractivity contribution in [2.45, 2.75) is 33.2 Å². The van der Waals surface area contributed by atoms with Gasteiger partial charge >= 0.3 is 18.0 Å². The van der Waals surface area contributed by atoms with E-state index in [1.807, 2.05) is 5.32 Å². The first kappa shape index (κ1) is 20.4. The molecule has 10 heteroatoms. The van der Waals surface area contributed by atoms with Gasteiger partial charge in [0.1, 0.15) is 6.04 Å². The molecule has 2 unspecified atom stereocenters. The highest BCUT2D eigenvalue weighted by atomic mass is 31.2. The molecule has 0 aliphatic rings. The monoisotopic (exact) mass is 339 g/mol. The van der Waals surface area contributed by atoms with E-state index in [-0.39, 0.29) is 12.6 Å². The number of amides is 1. The predicted molar refractivity (Wildman–Crippen MR) is 76.7 cm³/mol. The summed E-state index contributed by atoms with van der Waals surface area (Å²) in [5.74, 6) is -1.95. The van der Waals surface area contributed by atoms with Crippen molar-refractivity contribution in [3.63, 3.8) is 0 Å². The Bertz CT molecular complexity index is 464. The van der Waals surface area contributed by atoms with Gasteiger partial charge in [-0.25, -0.2) is 9.59 Å². The van der Waals surface area contributed by atoms with Crippen LogP contribution in [0, 0.1) is 5.41 Å². The molecule has 0 aliphatic carbocycles. The molecule has 0 saturated heterocycles. The summed E-state index contributed by atoms with van der Waals surface area (Å²) < 4.78 is 20.3. The van der Waals surface area contributed by atoms with Gasteiger partial charge in [-0.05, 0) is 27.2 Å². The van der Waals surface area contributed by atoms with Crippen LogP contribution in [0.25, 0.3) is 0 Å². The summed E-state index contributed by atoms with van der Waals surface area (Å²) in [6.07, 6.45) is -1.59. The SMILES string of the molecule is CC(C)(C)C(=O)OCOC(=O)NC(CCP(C)(=O)O)C(=O)O. The number of hydrogen-bond donors (Lipinski definition) is 3. The number of rotatable bonds is 7. The van der Waals surface area contributed by atoms with Gasteiger partial charge in [0.2, 0.25) is 6.79 Å². The summed E-state index contributed by atoms with van der Waals surface area (Å²) in [5.41, 5.74) is -0.757. The molecule has 0 bridgehead atoms. The molecular formula is C12H22NO8P. The van der Waals surface area contributed by atoms with Gasteiger partial charge in [0.05, 0.1) is 5.41 Å². The Balaban J connectivity index is 4.28. The number of nitrogens with one attached hydrogen (secondary N) is 1. The third kappa shape index (κ3) is 9.36. The average molecular weight is 339 g/mol. The van der Waals surface area contributed by atoms with Crippen molar-refractivity contribution < 1.29 is 38.4 Å². The van der Waals surface area contributed by atoms with Crippen LogP contribution in [0.15, 0.2) is 0 Å². The summed E-state index contributed by atoms with van der Waals surface area (Å²) in [4.78, 5) is 42.9. The number of carboxylic acid groups (broad SMARTS) is 1. The summed E-state index contributed by atoms with van der Waals surface area (Å²) in [6.45, 7) is 5.30. The molecule has 0 aromatic rings. The lowest BCUT2D eigenvalue weighted by Crippen LogP contribution is -2.42.